The van der Waals surface area contributed by atoms with Crippen LogP contribution in [0.5, 0.6) is 0 Å². The van der Waals surface area contributed by atoms with Crippen LogP contribution in [0.3, 0.4) is 0 Å². The molecular weight excluding hydrogens is 156 g/mol. The molecule has 3 nitrogen and oxygen atoms in total. The maximum atomic E-state index is 11.2. The molecule has 0 aromatic carbocycles. The molecule has 0 saturated heterocycles. The van der Waals surface area contributed by atoms with Gasteiger partial charge >= 0.3 is 0 Å². The smallest absolute Gasteiger partial charge is 0.165 e. The van der Waals surface area contributed by atoms with Crippen LogP contribution in [-0.4, -0.2) is 25.3 Å². The van der Waals surface area contributed by atoms with E-state index in [1.807, 2.05) is 6.92 Å². The molecule has 0 aliphatic heterocycles. The number of hydrogen-bond donors (Lipinski definition) is 0. The Hall–Kier alpha value is -0.700. The van der Waals surface area contributed by atoms with E-state index in [9.17, 15) is 9.59 Å². The molecule has 3 heteroatoms. The molecular formula is C9H14O3. The minimum atomic E-state index is -0.110. The zero-order chi connectivity index (χ0) is 9.14. The predicted molar refractivity (Wildman–Crippen MR) is 43.8 cm³/mol. The molecule has 68 valence electrons. The fourth-order valence-electron chi connectivity index (χ4n) is 1.31. The van der Waals surface area contributed by atoms with Gasteiger partial charge in [0.25, 0.3) is 0 Å². The van der Waals surface area contributed by atoms with Crippen molar-refractivity contribution in [2.75, 3.05) is 13.7 Å². The summed E-state index contributed by atoms with van der Waals surface area (Å²) in [5, 5.41) is 0. The zero-order valence-corrected chi connectivity index (χ0v) is 7.50. The number of Topliss-reactive ketones (excluding diaryl/α,β-unsaturated/α-hetero) is 2. The molecule has 0 aromatic rings. The van der Waals surface area contributed by atoms with Gasteiger partial charge in [-0.2, -0.15) is 0 Å². The van der Waals surface area contributed by atoms with Crippen LogP contribution >= 0.6 is 0 Å². The Bertz CT molecular complexity index is 198. The molecule has 12 heavy (non-hydrogen) atoms. The second kappa shape index (κ2) is 3.81. The average molecular weight is 170 g/mol. The molecule has 0 radical (unpaired) electrons. The van der Waals surface area contributed by atoms with Crippen molar-refractivity contribution in [3.63, 3.8) is 0 Å². The monoisotopic (exact) mass is 170 g/mol. The molecule has 2 unspecified atom stereocenters. The lowest BCUT2D eigenvalue weighted by Gasteiger charge is -1.97. The Morgan fingerprint density at radius 1 is 1.50 bits per heavy atom. The lowest BCUT2D eigenvalue weighted by atomic mass is 10.1. The van der Waals surface area contributed by atoms with E-state index in [0.29, 0.717) is 5.92 Å². The van der Waals surface area contributed by atoms with Crippen molar-refractivity contribution in [2.45, 2.75) is 19.8 Å². The number of carbonyl (C=O) groups excluding carboxylic acids is 2. The second-order valence-corrected chi connectivity index (χ2v) is 3.43. The molecule has 0 aromatic heterocycles. The standard InChI is InChI=1S/C9H14O3/c1-6-3-8(6)9(11)4-7(10)5-12-2/h6,8H,3-5H2,1-2H3. The SMILES string of the molecule is COCC(=O)CC(=O)C1CC1C. The first-order valence-corrected chi connectivity index (χ1v) is 4.18. The predicted octanol–water partition coefficient (Wildman–Crippen LogP) is 0.817. The van der Waals surface area contributed by atoms with Crippen LogP contribution in [0.2, 0.25) is 0 Å². The number of methoxy groups -OCH3 is 1. The molecule has 0 amide bonds. The highest BCUT2D eigenvalue weighted by Crippen LogP contribution is 2.39. The summed E-state index contributed by atoms with van der Waals surface area (Å²) in [4.78, 5) is 22.2. The van der Waals surface area contributed by atoms with E-state index in [0.717, 1.165) is 6.42 Å². The van der Waals surface area contributed by atoms with Gasteiger partial charge in [0, 0.05) is 13.0 Å². The van der Waals surface area contributed by atoms with Crippen LogP contribution in [0.1, 0.15) is 19.8 Å². The largest absolute Gasteiger partial charge is 0.377 e. The summed E-state index contributed by atoms with van der Waals surface area (Å²) in [5.74, 6) is 0.629. The summed E-state index contributed by atoms with van der Waals surface area (Å²) < 4.78 is 4.63. The Labute approximate surface area is 72.1 Å². The third kappa shape index (κ3) is 2.41. The number of carbonyl (C=O) groups is 2. The van der Waals surface area contributed by atoms with Crippen molar-refractivity contribution in [2.24, 2.45) is 11.8 Å². The highest BCUT2D eigenvalue weighted by Gasteiger charge is 2.39. The van der Waals surface area contributed by atoms with Gasteiger partial charge in [-0.25, -0.2) is 0 Å². The van der Waals surface area contributed by atoms with E-state index < -0.39 is 0 Å². The second-order valence-electron chi connectivity index (χ2n) is 3.43. The lowest BCUT2D eigenvalue weighted by molar-refractivity contribution is -0.129. The topological polar surface area (TPSA) is 43.4 Å². The van der Waals surface area contributed by atoms with Gasteiger partial charge in [-0.1, -0.05) is 6.92 Å². The van der Waals surface area contributed by atoms with E-state index in [-0.39, 0.29) is 30.5 Å². The molecule has 0 bridgehead atoms. The Morgan fingerprint density at radius 3 is 2.50 bits per heavy atom. The maximum absolute atomic E-state index is 11.2. The van der Waals surface area contributed by atoms with Crippen LogP contribution in [0, 0.1) is 11.8 Å². The highest BCUT2D eigenvalue weighted by atomic mass is 16.5. The Morgan fingerprint density at radius 2 is 2.08 bits per heavy atom. The van der Waals surface area contributed by atoms with E-state index in [4.69, 9.17) is 0 Å². The Balaban J connectivity index is 2.22. The molecule has 0 spiro atoms. The molecule has 1 aliphatic carbocycles. The van der Waals surface area contributed by atoms with Crippen molar-refractivity contribution in [1.29, 1.82) is 0 Å². The minimum Gasteiger partial charge on any atom is -0.377 e. The number of rotatable bonds is 5. The molecule has 1 aliphatic rings. The van der Waals surface area contributed by atoms with E-state index in [1.165, 1.54) is 7.11 Å². The first-order chi connectivity index (χ1) is 5.65. The van der Waals surface area contributed by atoms with Gasteiger partial charge in [0.15, 0.2) is 5.78 Å². The van der Waals surface area contributed by atoms with Crippen LogP contribution in [0.25, 0.3) is 0 Å². The molecule has 1 rings (SSSR count). The van der Waals surface area contributed by atoms with Crippen molar-refractivity contribution in [3.05, 3.63) is 0 Å². The molecule has 0 heterocycles. The summed E-state index contributed by atoms with van der Waals surface area (Å²) >= 11 is 0. The summed E-state index contributed by atoms with van der Waals surface area (Å²) in [6, 6.07) is 0. The van der Waals surface area contributed by atoms with Gasteiger partial charge < -0.3 is 4.74 Å². The van der Waals surface area contributed by atoms with Gasteiger partial charge in [0.05, 0.1) is 6.42 Å². The summed E-state index contributed by atoms with van der Waals surface area (Å²) in [7, 11) is 1.46. The zero-order valence-electron chi connectivity index (χ0n) is 7.50. The minimum absolute atomic E-state index is 0.0584. The summed E-state index contributed by atoms with van der Waals surface area (Å²) in [6.07, 6.45) is 1.02. The molecule has 1 saturated carbocycles. The third-order valence-electron chi connectivity index (χ3n) is 2.20. The highest BCUT2D eigenvalue weighted by molar-refractivity contribution is 6.01. The van der Waals surface area contributed by atoms with E-state index >= 15 is 0 Å². The number of ketones is 2. The van der Waals surface area contributed by atoms with Gasteiger partial charge in [-0.3, -0.25) is 9.59 Å². The van der Waals surface area contributed by atoms with Crippen LogP contribution < -0.4 is 0 Å². The molecule has 1 fully saturated rings. The number of ether oxygens (including phenoxy) is 1. The fraction of sp³-hybridized carbons (Fsp3) is 0.778. The third-order valence-corrected chi connectivity index (χ3v) is 2.20. The first-order valence-electron chi connectivity index (χ1n) is 4.18. The molecule has 0 N–H and O–H groups in total. The van der Waals surface area contributed by atoms with Crippen molar-refractivity contribution < 1.29 is 14.3 Å². The van der Waals surface area contributed by atoms with Crippen LogP contribution in [0.4, 0.5) is 0 Å². The normalized spacial score (nSPS) is 26.8. The van der Waals surface area contributed by atoms with Gasteiger partial charge in [0.2, 0.25) is 0 Å². The summed E-state index contributed by atoms with van der Waals surface area (Å²) in [5.41, 5.74) is 0. The van der Waals surface area contributed by atoms with Gasteiger partial charge in [-0.05, 0) is 12.3 Å². The molecule has 2 atom stereocenters. The van der Waals surface area contributed by atoms with Crippen LogP contribution in [0.15, 0.2) is 0 Å². The van der Waals surface area contributed by atoms with Gasteiger partial charge in [0.1, 0.15) is 12.4 Å². The first kappa shape index (κ1) is 9.39. The average Bonchev–Trinajstić information content (AvgIpc) is 2.67. The van der Waals surface area contributed by atoms with Crippen molar-refractivity contribution in [1.82, 2.24) is 0 Å². The van der Waals surface area contributed by atoms with Crippen LogP contribution in [-0.2, 0) is 14.3 Å². The fourth-order valence-corrected chi connectivity index (χ4v) is 1.31. The maximum Gasteiger partial charge on any atom is 0.165 e. The summed E-state index contributed by atoms with van der Waals surface area (Å²) in [6.45, 7) is 2.09. The Kier molecular flexibility index (Phi) is 2.98. The lowest BCUT2D eigenvalue weighted by Crippen LogP contribution is -2.14. The van der Waals surface area contributed by atoms with Gasteiger partial charge in [-0.15, -0.1) is 0 Å². The quantitative estimate of drug-likeness (QED) is 0.574. The van der Waals surface area contributed by atoms with E-state index in [2.05, 4.69) is 4.74 Å². The van der Waals surface area contributed by atoms with E-state index in [1.54, 1.807) is 0 Å². The van der Waals surface area contributed by atoms with Crippen molar-refractivity contribution in [3.8, 4) is 0 Å². The number of hydrogen-bond acceptors (Lipinski definition) is 3. The van der Waals surface area contributed by atoms with Crippen molar-refractivity contribution >= 4 is 11.6 Å².